The van der Waals surface area contributed by atoms with Crippen LogP contribution >= 0.6 is 0 Å². The summed E-state index contributed by atoms with van der Waals surface area (Å²) in [4.78, 5) is 15.4. The van der Waals surface area contributed by atoms with E-state index in [9.17, 15) is 18.0 Å². The normalized spacial score (nSPS) is 15.3. The lowest BCUT2D eigenvalue weighted by atomic mass is 10.2. The Morgan fingerprint density at radius 2 is 2.20 bits per heavy atom. The summed E-state index contributed by atoms with van der Waals surface area (Å²) in [5.41, 5.74) is 0.871. The first-order chi connectivity index (χ1) is 9.29. The van der Waals surface area contributed by atoms with E-state index in [1.807, 2.05) is 0 Å². The third kappa shape index (κ3) is 3.12. The van der Waals surface area contributed by atoms with Crippen LogP contribution in [-0.4, -0.2) is 28.0 Å². The lowest BCUT2D eigenvalue weighted by molar-refractivity contribution is -0.147. The van der Waals surface area contributed by atoms with Crippen molar-refractivity contribution in [1.29, 1.82) is 0 Å². The zero-order chi connectivity index (χ0) is 14.9. The molecule has 112 valence electrons. The number of nitrogens with zero attached hydrogens (tertiary/aromatic N) is 2. The van der Waals surface area contributed by atoms with Crippen molar-refractivity contribution >= 4 is 5.91 Å². The monoisotopic (exact) mass is 290 g/mol. The van der Waals surface area contributed by atoms with E-state index in [-0.39, 0.29) is 12.6 Å². The Labute approximate surface area is 114 Å². The highest BCUT2D eigenvalue weighted by Crippen LogP contribution is 2.31. The van der Waals surface area contributed by atoms with Crippen LogP contribution in [0.25, 0.3) is 0 Å². The standard InChI is InChI=1S/C12H17F3N4O/c1-7(2)17-10(20)6-19-9-3-4-16-5-8(9)18-11(19)12(13,14)15/h7,16H,3-6H2,1-2H3,(H,17,20). The Kier molecular flexibility index (Phi) is 4.03. The molecule has 0 radical (unpaired) electrons. The number of carbonyl (C=O) groups excluding carboxylic acids is 1. The third-order valence-corrected chi connectivity index (χ3v) is 2.99. The van der Waals surface area contributed by atoms with Gasteiger partial charge in [-0.2, -0.15) is 13.2 Å². The Bertz CT molecular complexity index is 508. The molecule has 1 aliphatic heterocycles. The van der Waals surface area contributed by atoms with E-state index in [4.69, 9.17) is 0 Å². The molecule has 0 saturated carbocycles. The molecule has 1 aliphatic rings. The predicted octanol–water partition coefficient (Wildman–Crippen LogP) is 1.07. The SMILES string of the molecule is CC(C)NC(=O)Cn1c(C(F)(F)F)nc2c1CCNC2. The van der Waals surface area contributed by atoms with Gasteiger partial charge in [0.2, 0.25) is 11.7 Å². The highest BCUT2D eigenvalue weighted by molar-refractivity contribution is 5.76. The first-order valence-corrected chi connectivity index (χ1v) is 6.44. The molecule has 8 heteroatoms. The van der Waals surface area contributed by atoms with Crippen molar-refractivity contribution in [2.45, 2.75) is 45.6 Å². The summed E-state index contributed by atoms with van der Waals surface area (Å²) in [5.74, 6) is -1.44. The molecule has 2 heterocycles. The number of nitrogens with one attached hydrogen (secondary N) is 2. The molecule has 0 aromatic carbocycles. The molecule has 20 heavy (non-hydrogen) atoms. The second-order valence-corrected chi connectivity index (χ2v) is 5.06. The highest BCUT2D eigenvalue weighted by atomic mass is 19.4. The van der Waals surface area contributed by atoms with Gasteiger partial charge in [-0.15, -0.1) is 0 Å². The molecule has 2 rings (SSSR count). The van der Waals surface area contributed by atoms with Crippen LogP contribution in [0, 0.1) is 0 Å². The molecule has 0 spiro atoms. The molecule has 1 aromatic rings. The lowest BCUT2D eigenvalue weighted by Gasteiger charge is -2.17. The Hall–Kier alpha value is -1.57. The number of hydrogen-bond donors (Lipinski definition) is 2. The molecule has 2 N–H and O–H groups in total. The second kappa shape index (κ2) is 5.43. The zero-order valence-corrected chi connectivity index (χ0v) is 11.3. The van der Waals surface area contributed by atoms with E-state index in [2.05, 4.69) is 15.6 Å². The van der Waals surface area contributed by atoms with Gasteiger partial charge >= 0.3 is 6.18 Å². The number of alkyl halides is 3. The van der Waals surface area contributed by atoms with Gasteiger partial charge in [0.25, 0.3) is 0 Å². The van der Waals surface area contributed by atoms with Crippen LogP contribution in [-0.2, 0) is 30.5 Å². The van der Waals surface area contributed by atoms with E-state index in [0.29, 0.717) is 30.9 Å². The molecule has 0 aliphatic carbocycles. The molecular weight excluding hydrogens is 273 g/mol. The molecule has 0 unspecified atom stereocenters. The maximum atomic E-state index is 13.0. The van der Waals surface area contributed by atoms with Crippen molar-refractivity contribution in [2.75, 3.05) is 6.54 Å². The number of amides is 1. The van der Waals surface area contributed by atoms with Crippen LogP contribution in [0.5, 0.6) is 0 Å². The number of halogens is 3. The van der Waals surface area contributed by atoms with Gasteiger partial charge in [-0.05, 0) is 13.8 Å². The number of carbonyl (C=O) groups is 1. The van der Waals surface area contributed by atoms with Crippen LogP contribution in [0.2, 0.25) is 0 Å². The van der Waals surface area contributed by atoms with Gasteiger partial charge in [-0.25, -0.2) is 4.98 Å². The fourth-order valence-corrected chi connectivity index (χ4v) is 2.27. The van der Waals surface area contributed by atoms with Crippen LogP contribution < -0.4 is 10.6 Å². The number of rotatable bonds is 3. The fourth-order valence-electron chi connectivity index (χ4n) is 2.27. The first kappa shape index (κ1) is 14.8. The van der Waals surface area contributed by atoms with Gasteiger partial charge in [-0.3, -0.25) is 4.79 Å². The molecule has 0 atom stereocenters. The van der Waals surface area contributed by atoms with Crippen molar-refractivity contribution in [2.24, 2.45) is 0 Å². The summed E-state index contributed by atoms with van der Waals surface area (Å²) in [7, 11) is 0. The molecule has 1 aromatic heterocycles. The molecule has 5 nitrogen and oxygen atoms in total. The van der Waals surface area contributed by atoms with Gasteiger partial charge in [-0.1, -0.05) is 0 Å². The van der Waals surface area contributed by atoms with Crippen LogP contribution in [0.3, 0.4) is 0 Å². The van der Waals surface area contributed by atoms with Crippen LogP contribution in [0.4, 0.5) is 13.2 Å². The minimum Gasteiger partial charge on any atom is -0.352 e. The summed E-state index contributed by atoms with van der Waals surface area (Å²) < 4.78 is 40.0. The van der Waals surface area contributed by atoms with E-state index in [1.54, 1.807) is 13.8 Å². The summed E-state index contributed by atoms with van der Waals surface area (Å²) in [6.45, 7) is 4.06. The molecule has 0 fully saturated rings. The summed E-state index contributed by atoms with van der Waals surface area (Å²) >= 11 is 0. The van der Waals surface area contributed by atoms with Crippen molar-refractivity contribution in [3.63, 3.8) is 0 Å². The van der Waals surface area contributed by atoms with Crippen molar-refractivity contribution in [3.05, 3.63) is 17.2 Å². The largest absolute Gasteiger partial charge is 0.449 e. The lowest BCUT2D eigenvalue weighted by Crippen LogP contribution is -2.35. The second-order valence-electron chi connectivity index (χ2n) is 5.06. The minimum atomic E-state index is -4.56. The molecule has 0 bridgehead atoms. The average molecular weight is 290 g/mol. The Balaban J connectivity index is 2.34. The molecule has 0 saturated heterocycles. The van der Waals surface area contributed by atoms with E-state index < -0.39 is 17.9 Å². The minimum absolute atomic E-state index is 0.113. The van der Waals surface area contributed by atoms with Crippen LogP contribution in [0.1, 0.15) is 31.1 Å². The topological polar surface area (TPSA) is 59.0 Å². The maximum absolute atomic E-state index is 13.0. The van der Waals surface area contributed by atoms with Gasteiger partial charge in [0.15, 0.2) is 0 Å². The summed E-state index contributed by atoms with van der Waals surface area (Å²) in [5, 5.41) is 5.57. The van der Waals surface area contributed by atoms with Crippen molar-refractivity contribution < 1.29 is 18.0 Å². The zero-order valence-electron chi connectivity index (χ0n) is 11.3. The van der Waals surface area contributed by atoms with Crippen LogP contribution in [0.15, 0.2) is 0 Å². The summed E-state index contributed by atoms with van der Waals surface area (Å²) in [6, 6.07) is -0.113. The average Bonchev–Trinajstić information content (AvgIpc) is 2.67. The van der Waals surface area contributed by atoms with E-state index in [0.717, 1.165) is 4.57 Å². The third-order valence-electron chi connectivity index (χ3n) is 2.99. The van der Waals surface area contributed by atoms with E-state index >= 15 is 0 Å². The van der Waals surface area contributed by atoms with Crippen molar-refractivity contribution in [1.82, 2.24) is 20.2 Å². The first-order valence-electron chi connectivity index (χ1n) is 6.44. The van der Waals surface area contributed by atoms with Gasteiger partial charge < -0.3 is 15.2 Å². The quantitative estimate of drug-likeness (QED) is 0.875. The van der Waals surface area contributed by atoms with E-state index in [1.165, 1.54) is 0 Å². The van der Waals surface area contributed by atoms with Gasteiger partial charge in [0.1, 0.15) is 6.54 Å². The fraction of sp³-hybridized carbons (Fsp3) is 0.667. The van der Waals surface area contributed by atoms with Crippen molar-refractivity contribution in [3.8, 4) is 0 Å². The van der Waals surface area contributed by atoms with Gasteiger partial charge in [0.05, 0.1) is 5.69 Å². The maximum Gasteiger partial charge on any atom is 0.449 e. The number of aromatic nitrogens is 2. The smallest absolute Gasteiger partial charge is 0.352 e. The summed E-state index contributed by atoms with van der Waals surface area (Å²) in [6.07, 6.45) is -4.12. The van der Waals surface area contributed by atoms with Gasteiger partial charge in [0, 0.05) is 31.2 Å². The number of imidazole rings is 1. The predicted molar refractivity (Wildman–Crippen MR) is 65.9 cm³/mol. The number of fused-ring (bicyclic) bond motifs is 1. The molecular formula is C12H17F3N4O. The highest BCUT2D eigenvalue weighted by Gasteiger charge is 2.39. The number of hydrogen-bond acceptors (Lipinski definition) is 3. The Morgan fingerprint density at radius 3 is 2.80 bits per heavy atom. The molecule has 1 amide bonds. The Morgan fingerprint density at radius 1 is 1.50 bits per heavy atom.